The van der Waals surface area contributed by atoms with Gasteiger partial charge in [0.25, 0.3) is 0 Å². The van der Waals surface area contributed by atoms with Crippen LogP contribution in [-0.2, 0) is 0 Å². The Hall–Kier alpha value is -3.12. The maximum absolute atomic E-state index is 7.08. The fraction of sp³-hybridized carbons (Fsp3) is 0. The Morgan fingerprint density at radius 1 is 0.905 bits per heavy atom. The number of aromatic nitrogens is 1. The van der Waals surface area contributed by atoms with Gasteiger partial charge in [0.1, 0.15) is 11.2 Å². The molecule has 0 atom stereocenters. The van der Waals surface area contributed by atoms with Crippen LogP contribution in [0.2, 0.25) is 0 Å². The molecule has 2 aromatic heterocycles. The van der Waals surface area contributed by atoms with E-state index in [-0.39, 0.29) is 0 Å². The standard InChI is InChI=1S/C18H10N2O/c1-19-13-6-7-14-15-10-12(16-4-2-3-9-20-16)5-8-17(15)21-18(14)11-13/h2-11H. The van der Waals surface area contributed by atoms with E-state index in [9.17, 15) is 0 Å². The number of hydrogen-bond donors (Lipinski definition) is 0. The molecular weight excluding hydrogens is 260 g/mol. The highest BCUT2D eigenvalue weighted by Gasteiger charge is 2.09. The Morgan fingerprint density at radius 2 is 1.86 bits per heavy atom. The summed E-state index contributed by atoms with van der Waals surface area (Å²) in [6.45, 7) is 7.08. The third kappa shape index (κ3) is 1.86. The molecule has 0 radical (unpaired) electrons. The minimum atomic E-state index is 0.589. The normalized spacial score (nSPS) is 10.8. The summed E-state index contributed by atoms with van der Waals surface area (Å²) in [7, 11) is 0. The molecule has 3 nitrogen and oxygen atoms in total. The summed E-state index contributed by atoms with van der Waals surface area (Å²) >= 11 is 0. The Bertz CT molecular complexity index is 994. The van der Waals surface area contributed by atoms with Gasteiger partial charge >= 0.3 is 0 Å². The second-order valence-corrected chi connectivity index (χ2v) is 4.82. The van der Waals surface area contributed by atoms with Gasteiger partial charge in [-0.15, -0.1) is 0 Å². The van der Waals surface area contributed by atoms with Gasteiger partial charge in [-0.3, -0.25) is 4.98 Å². The van der Waals surface area contributed by atoms with E-state index >= 15 is 0 Å². The molecule has 2 aromatic carbocycles. The lowest BCUT2D eigenvalue weighted by Crippen LogP contribution is -1.81. The van der Waals surface area contributed by atoms with Crippen LogP contribution in [0.5, 0.6) is 0 Å². The molecule has 21 heavy (non-hydrogen) atoms. The first-order valence-corrected chi connectivity index (χ1v) is 6.60. The maximum atomic E-state index is 7.08. The molecular formula is C18H10N2O. The van der Waals surface area contributed by atoms with Gasteiger partial charge in [0, 0.05) is 22.5 Å². The van der Waals surface area contributed by atoms with Gasteiger partial charge < -0.3 is 4.42 Å². The molecule has 4 aromatic rings. The molecule has 3 heteroatoms. The predicted octanol–water partition coefficient (Wildman–Crippen LogP) is 5.20. The third-order valence-corrected chi connectivity index (χ3v) is 3.54. The fourth-order valence-electron chi connectivity index (χ4n) is 2.53. The zero-order valence-corrected chi connectivity index (χ0v) is 11.1. The molecule has 0 saturated heterocycles. The summed E-state index contributed by atoms with van der Waals surface area (Å²) in [6, 6.07) is 17.4. The Morgan fingerprint density at radius 3 is 2.67 bits per heavy atom. The van der Waals surface area contributed by atoms with E-state index in [2.05, 4.69) is 15.9 Å². The highest BCUT2D eigenvalue weighted by molar-refractivity contribution is 6.07. The first-order chi connectivity index (χ1) is 10.3. The van der Waals surface area contributed by atoms with Crippen LogP contribution in [0.25, 0.3) is 38.0 Å². The number of nitrogens with zero attached hydrogens (tertiary/aromatic N) is 2. The van der Waals surface area contributed by atoms with Crippen molar-refractivity contribution in [2.24, 2.45) is 0 Å². The van der Waals surface area contributed by atoms with E-state index in [0.29, 0.717) is 5.69 Å². The van der Waals surface area contributed by atoms with Crippen molar-refractivity contribution in [2.75, 3.05) is 0 Å². The molecule has 0 fully saturated rings. The van der Waals surface area contributed by atoms with Gasteiger partial charge in [0.15, 0.2) is 5.69 Å². The van der Waals surface area contributed by atoms with Crippen LogP contribution in [0.3, 0.4) is 0 Å². The summed E-state index contributed by atoms with van der Waals surface area (Å²) < 4.78 is 5.82. The highest BCUT2D eigenvalue weighted by atomic mass is 16.3. The van der Waals surface area contributed by atoms with Crippen LogP contribution in [0.15, 0.2) is 65.2 Å². The number of benzene rings is 2. The monoisotopic (exact) mass is 270 g/mol. The topological polar surface area (TPSA) is 30.4 Å². The Balaban J connectivity index is 1.99. The van der Waals surface area contributed by atoms with Gasteiger partial charge in [-0.05, 0) is 36.4 Å². The molecule has 0 bridgehead atoms. The number of furan rings is 1. The molecule has 4 rings (SSSR count). The number of fused-ring (bicyclic) bond motifs is 3. The quantitative estimate of drug-likeness (QED) is 0.445. The first-order valence-electron chi connectivity index (χ1n) is 6.60. The third-order valence-electron chi connectivity index (χ3n) is 3.54. The fourth-order valence-corrected chi connectivity index (χ4v) is 2.53. The van der Waals surface area contributed by atoms with Crippen molar-refractivity contribution in [1.29, 1.82) is 0 Å². The molecule has 0 unspecified atom stereocenters. The average Bonchev–Trinajstić information content (AvgIpc) is 2.92. The molecule has 0 N–H and O–H groups in total. The van der Waals surface area contributed by atoms with Gasteiger partial charge in [-0.2, -0.15) is 0 Å². The van der Waals surface area contributed by atoms with E-state index in [4.69, 9.17) is 11.0 Å². The smallest absolute Gasteiger partial charge is 0.190 e. The van der Waals surface area contributed by atoms with Crippen LogP contribution in [0.1, 0.15) is 0 Å². The minimum absolute atomic E-state index is 0.589. The molecule has 0 saturated carbocycles. The van der Waals surface area contributed by atoms with Crippen molar-refractivity contribution in [3.05, 3.63) is 72.2 Å². The molecule has 0 aliphatic rings. The molecule has 2 heterocycles. The minimum Gasteiger partial charge on any atom is -0.457 e. The molecule has 98 valence electrons. The SMILES string of the molecule is [C-]#[N+]c1ccc2c(c1)oc1ccc(-c3ccccn3)cc12. The number of hydrogen-bond acceptors (Lipinski definition) is 2. The molecule has 0 aliphatic heterocycles. The van der Waals surface area contributed by atoms with Crippen molar-refractivity contribution in [1.82, 2.24) is 4.98 Å². The average molecular weight is 270 g/mol. The molecule has 0 aliphatic carbocycles. The van der Waals surface area contributed by atoms with Crippen LogP contribution in [-0.4, -0.2) is 4.98 Å². The Labute approximate surface area is 121 Å². The van der Waals surface area contributed by atoms with Crippen molar-refractivity contribution in [3.8, 4) is 11.3 Å². The van der Waals surface area contributed by atoms with E-state index in [1.807, 2.05) is 42.5 Å². The van der Waals surface area contributed by atoms with Gasteiger partial charge in [0.05, 0.1) is 12.3 Å². The number of pyridine rings is 1. The van der Waals surface area contributed by atoms with E-state index in [1.165, 1.54) is 0 Å². The summed E-state index contributed by atoms with van der Waals surface area (Å²) in [5.41, 5.74) is 4.15. The Kier molecular flexibility index (Phi) is 2.48. The zero-order chi connectivity index (χ0) is 14.2. The molecule has 0 spiro atoms. The van der Waals surface area contributed by atoms with Gasteiger partial charge in [-0.1, -0.05) is 18.2 Å². The van der Waals surface area contributed by atoms with Crippen LogP contribution in [0.4, 0.5) is 5.69 Å². The van der Waals surface area contributed by atoms with Crippen molar-refractivity contribution in [2.45, 2.75) is 0 Å². The zero-order valence-electron chi connectivity index (χ0n) is 11.1. The highest BCUT2D eigenvalue weighted by Crippen LogP contribution is 2.33. The second-order valence-electron chi connectivity index (χ2n) is 4.82. The van der Waals surface area contributed by atoms with Gasteiger partial charge in [0.2, 0.25) is 0 Å². The maximum Gasteiger partial charge on any atom is 0.190 e. The van der Waals surface area contributed by atoms with Crippen LogP contribution < -0.4 is 0 Å². The lowest BCUT2D eigenvalue weighted by atomic mass is 10.1. The summed E-state index contributed by atoms with van der Waals surface area (Å²) in [5.74, 6) is 0. The number of rotatable bonds is 1. The van der Waals surface area contributed by atoms with E-state index in [0.717, 1.165) is 33.2 Å². The molecule has 0 amide bonds. The van der Waals surface area contributed by atoms with Crippen LogP contribution >= 0.6 is 0 Å². The lowest BCUT2D eigenvalue weighted by molar-refractivity contribution is 0.669. The first kappa shape index (κ1) is 11.7. The van der Waals surface area contributed by atoms with Crippen molar-refractivity contribution in [3.63, 3.8) is 0 Å². The van der Waals surface area contributed by atoms with E-state index < -0.39 is 0 Å². The van der Waals surface area contributed by atoms with Gasteiger partial charge in [-0.25, -0.2) is 4.85 Å². The van der Waals surface area contributed by atoms with Crippen molar-refractivity contribution >= 4 is 27.6 Å². The van der Waals surface area contributed by atoms with E-state index in [1.54, 1.807) is 12.3 Å². The van der Waals surface area contributed by atoms with Crippen molar-refractivity contribution < 1.29 is 4.42 Å². The summed E-state index contributed by atoms with van der Waals surface area (Å²) in [5, 5.41) is 2.07. The summed E-state index contributed by atoms with van der Waals surface area (Å²) in [4.78, 5) is 7.81. The van der Waals surface area contributed by atoms with Crippen LogP contribution in [0, 0.1) is 6.57 Å². The largest absolute Gasteiger partial charge is 0.457 e. The second kappa shape index (κ2) is 4.46. The lowest BCUT2D eigenvalue weighted by Gasteiger charge is -1.99. The summed E-state index contributed by atoms with van der Waals surface area (Å²) in [6.07, 6.45) is 1.79. The predicted molar refractivity (Wildman–Crippen MR) is 83.2 cm³/mol.